The van der Waals surface area contributed by atoms with Crippen molar-refractivity contribution in [1.82, 2.24) is 0 Å². The molecule has 1 aliphatic heterocycles. The number of hydrogen-bond donors (Lipinski definition) is 1. The van der Waals surface area contributed by atoms with Crippen LogP contribution in [0.5, 0.6) is 0 Å². The zero-order chi connectivity index (χ0) is 12.0. The summed E-state index contributed by atoms with van der Waals surface area (Å²) in [6.45, 7) is 9.28. The van der Waals surface area contributed by atoms with Gasteiger partial charge in [0, 0.05) is 0 Å². The van der Waals surface area contributed by atoms with E-state index >= 15 is 0 Å². The predicted molar refractivity (Wildman–Crippen MR) is 69.5 cm³/mol. The normalized spacial score (nSPS) is 20.6. The smallest absolute Gasteiger partial charge is 0.177 e. The van der Waals surface area contributed by atoms with Crippen molar-refractivity contribution in [1.29, 1.82) is 0 Å². The number of nitrogens with zero attached hydrogens (tertiary/aromatic N) is 4. The minimum absolute atomic E-state index is 0.161. The number of rotatable bonds is 4. The molecule has 0 fully saturated rings. The Morgan fingerprint density at radius 3 is 2.88 bits per heavy atom. The Balaban J connectivity index is 3.28. The molecule has 0 saturated carbocycles. The first-order chi connectivity index (χ1) is 7.76. The quantitative estimate of drug-likeness (QED) is 0.709. The summed E-state index contributed by atoms with van der Waals surface area (Å²) in [7, 11) is 0. The molecule has 16 heavy (non-hydrogen) atoms. The highest BCUT2D eigenvalue weighted by molar-refractivity contribution is 6.35. The van der Waals surface area contributed by atoms with Crippen LogP contribution in [0.1, 0.15) is 13.3 Å². The van der Waals surface area contributed by atoms with Crippen molar-refractivity contribution >= 4 is 24.5 Å². The minimum Gasteiger partial charge on any atom is -0.312 e. The van der Waals surface area contributed by atoms with Crippen LogP contribution in [0.4, 0.5) is 0 Å². The number of allylic oxidation sites excluding steroid dienone is 1. The van der Waals surface area contributed by atoms with Gasteiger partial charge in [0.2, 0.25) is 0 Å². The fourth-order valence-electron chi connectivity index (χ4n) is 1.20. The summed E-state index contributed by atoms with van der Waals surface area (Å²) >= 11 is 0. The van der Waals surface area contributed by atoms with E-state index in [9.17, 15) is 0 Å². The number of nitrogens with two attached hydrogens (primary N) is 1. The third kappa shape index (κ3) is 2.58. The van der Waals surface area contributed by atoms with E-state index in [1.54, 1.807) is 12.3 Å². The maximum atomic E-state index is 5.37. The average molecular weight is 217 g/mol. The zero-order valence-electron chi connectivity index (χ0n) is 9.35. The molecule has 0 spiro atoms. The van der Waals surface area contributed by atoms with Crippen molar-refractivity contribution < 1.29 is 0 Å². The molecule has 0 unspecified atom stereocenters. The summed E-state index contributed by atoms with van der Waals surface area (Å²) in [4.78, 5) is 16.5. The van der Waals surface area contributed by atoms with E-state index in [2.05, 4.69) is 33.3 Å². The monoisotopic (exact) mass is 217 g/mol. The number of amidine groups is 1. The van der Waals surface area contributed by atoms with E-state index in [1.807, 2.05) is 6.92 Å². The van der Waals surface area contributed by atoms with Crippen molar-refractivity contribution in [3.05, 3.63) is 24.0 Å². The molecular formula is C11H15N5. The Morgan fingerprint density at radius 1 is 1.62 bits per heavy atom. The second-order valence-electron chi connectivity index (χ2n) is 2.98. The fraction of sp³-hybridized carbons (Fsp3) is 0.273. The lowest BCUT2D eigenvalue weighted by Crippen LogP contribution is -2.14. The Hall–Kier alpha value is -1.88. The van der Waals surface area contributed by atoms with Crippen LogP contribution in [-0.4, -0.2) is 31.1 Å². The van der Waals surface area contributed by atoms with Crippen LogP contribution >= 0.6 is 0 Å². The van der Waals surface area contributed by atoms with Crippen LogP contribution in [-0.2, 0) is 0 Å². The van der Waals surface area contributed by atoms with Crippen molar-refractivity contribution in [2.45, 2.75) is 13.3 Å². The lowest BCUT2D eigenvalue weighted by Gasteiger charge is -2.10. The second-order valence-corrected chi connectivity index (χ2v) is 2.98. The van der Waals surface area contributed by atoms with Gasteiger partial charge in [-0.15, -0.1) is 0 Å². The lowest BCUT2D eigenvalue weighted by molar-refractivity contribution is 1.06. The summed E-state index contributed by atoms with van der Waals surface area (Å²) in [5.74, 6) is 0.474. The Labute approximate surface area is 94.9 Å². The van der Waals surface area contributed by atoms with Gasteiger partial charge in [-0.1, -0.05) is 13.5 Å². The molecular weight excluding hydrogens is 202 g/mol. The Morgan fingerprint density at radius 2 is 2.38 bits per heavy atom. The van der Waals surface area contributed by atoms with Gasteiger partial charge in [-0.25, -0.2) is 15.0 Å². The van der Waals surface area contributed by atoms with Gasteiger partial charge in [-0.3, -0.25) is 4.99 Å². The van der Waals surface area contributed by atoms with Crippen LogP contribution in [0.3, 0.4) is 0 Å². The molecule has 0 aromatic rings. The predicted octanol–water partition coefficient (Wildman–Crippen LogP) is 1.33. The highest BCUT2D eigenvalue weighted by Gasteiger charge is 2.14. The van der Waals surface area contributed by atoms with E-state index in [-0.39, 0.29) is 6.67 Å². The lowest BCUT2D eigenvalue weighted by atomic mass is 10.2. The molecule has 0 amide bonds. The fourth-order valence-corrected chi connectivity index (χ4v) is 1.20. The topological polar surface area (TPSA) is 75.5 Å². The minimum atomic E-state index is 0.161. The number of hydrogen-bond acceptors (Lipinski definition) is 4. The molecule has 0 atom stereocenters. The maximum Gasteiger partial charge on any atom is 0.177 e. The summed E-state index contributed by atoms with van der Waals surface area (Å²) < 4.78 is 0. The van der Waals surface area contributed by atoms with Crippen LogP contribution in [0, 0.1) is 0 Å². The van der Waals surface area contributed by atoms with Crippen molar-refractivity contribution in [2.24, 2.45) is 25.7 Å². The molecule has 1 heterocycles. The molecule has 1 aliphatic rings. The first-order valence-electron chi connectivity index (χ1n) is 4.96. The molecule has 0 radical (unpaired) electrons. The molecule has 0 aromatic heterocycles. The highest BCUT2D eigenvalue weighted by atomic mass is 15.0. The second kappa shape index (κ2) is 5.87. The molecule has 5 nitrogen and oxygen atoms in total. The third-order valence-electron chi connectivity index (χ3n) is 2.01. The Kier molecular flexibility index (Phi) is 4.47. The van der Waals surface area contributed by atoms with Crippen molar-refractivity contribution in [3.63, 3.8) is 0 Å². The Bertz CT molecular complexity index is 402. The average Bonchev–Trinajstić information content (AvgIpc) is 2.33. The first-order valence-corrected chi connectivity index (χ1v) is 4.96. The molecule has 0 aromatic carbocycles. The first kappa shape index (κ1) is 12.2. The van der Waals surface area contributed by atoms with Gasteiger partial charge in [0.15, 0.2) is 5.84 Å². The van der Waals surface area contributed by atoms with E-state index in [1.165, 1.54) is 0 Å². The van der Waals surface area contributed by atoms with Crippen LogP contribution < -0.4 is 5.73 Å². The summed E-state index contributed by atoms with van der Waals surface area (Å²) in [5.41, 5.74) is 7.38. The summed E-state index contributed by atoms with van der Waals surface area (Å²) in [6.07, 6.45) is 4.05. The van der Waals surface area contributed by atoms with Gasteiger partial charge in [-0.2, -0.15) is 0 Å². The van der Waals surface area contributed by atoms with E-state index in [0.717, 1.165) is 12.1 Å². The standard InChI is InChI=1S/C11H15N5/c1-4-8-6-14-11(15-7-12)10(16-8)9(5-2)13-3/h5-6H,2-4,7,12H2,1H3/b10-9+,15-11?. The van der Waals surface area contributed by atoms with Gasteiger partial charge in [0.25, 0.3) is 0 Å². The maximum absolute atomic E-state index is 5.37. The van der Waals surface area contributed by atoms with E-state index in [4.69, 9.17) is 5.73 Å². The van der Waals surface area contributed by atoms with Crippen LogP contribution in [0.2, 0.25) is 0 Å². The molecule has 0 bridgehead atoms. The van der Waals surface area contributed by atoms with Crippen molar-refractivity contribution in [2.75, 3.05) is 6.67 Å². The SMILES string of the molecule is C=C/C(N=C)=C1\N=C(CC)C=NC1=NCN. The molecule has 1 rings (SSSR count). The number of aliphatic imine (C=N–C) groups is 4. The zero-order valence-corrected chi connectivity index (χ0v) is 9.35. The molecule has 0 aliphatic carbocycles. The van der Waals surface area contributed by atoms with Gasteiger partial charge in [0.05, 0.1) is 24.3 Å². The van der Waals surface area contributed by atoms with E-state index in [0.29, 0.717) is 17.2 Å². The molecule has 2 N–H and O–H groups in total. The van der Waals surface area contributed by atoms with Crippen LogP contribution in [0.15, 0.2) is 44.0 Å². The molecule has 5 heteroatoms. The summed E-state index contributed by atoms with van der Waals surface area (Å²) in [5, 5.41) is 0. The summed E-state index contributed by atoms with van der Waals surface area (Å²) in [6, 6.07) is 0. The van der Waals surface area contributed by atoms with Crippen LogP contribution in [0.25, 0.3) is 0 Å². The van der Waals surface area contributed by atoms with Gasteiger partial charge >= 0.3 is 0 Å². The van der Waals surface area contributed by atoms with Gasteiger partial charge < -0.3 is 5.73 Å². The highest BCUT2D eigenvalue weighted by Crippen LogP contribution is 2.15. The van der Waals surface area contributed by atoms with Crippen molar-refractivity contribution in [3.8, 4) is 0 Å². The van der Waals surface area contributed by atoms with E-state index < -0.39 is 0 Å². The van der Waals surface area contributed by atoms with Gasteiger partial charge in [0.1, 0.15) is 5.70 Å². The largest absolute Gasteiger partial charge is 0.312 e. The third-order valence-corrected chi connectivity index (χ3v) is 2.01. The molecule has 0 saturated heterocycles. The van der Waals surface area contributed by atoms with Gasteiger partial charge in [-0.05, 0) is 19.2 Å². The molecule has 84 valence electrons.